The molecule has 0 unspecified atom stereocenters. The Morgan fingerprint density at radius 3 is 2.32 bits per heavy atom. The number of carbonyl (C=O) groups is 1. The second-order valence-corrected chi connectivity index (χ2v) is 4.98. The van der Waals surface area contributed by atoms with Crippen molar-refractivity contribution < 1.29 is 14.3 Å². The molecule has 1 aliphatic carbocycles. The molecule has 0 aliphatic heterocycles. The molecular weight excluding hydrogens is 244 g/mol. The van der Waals surface area contributed by atoms with E-state index in [0.29, 0.717) is 11.5 Å². The fraction of sp³-hybridized carbons (Fsp3) is 0.500. The topological polar surface area (TPSA) is 50.8 Å². The number of carbonyl (C=O) groups excluding carboxylic acids is 1. The van der Waals surface area contributed by atoms with Crippen molar-refractivity contribution in [3.8, 4) is 11.5 Å². The average molecular weight is 264 g/mol. The highest BCUT2D eigenvalue weighted by molar-refractivity contribution is 5.75. The number of rotatable bonds is 4. The third-order valence-corrected chi connectivity index (χ3v) is 3.44. The summed E-state index contributed by atoms with van der Waals surface area (Å²) in [7, 11) is 6.69. The summed E-state index contributed by atoms with van der Waals surface area (Å²) < 4.78 is 10.5. The van der Waals surface area contributed by atoms with Crippen LogP contribution in [0.4, 0.5) is 4.79 Å². The van der Waals surface area contributed by atoms with E-state index in [4.69, 9.17) is 9.47 Å². The first-order valence-electron chi connectivity index (χ1n) is 6.24. The first-order chi connectivity index (χ1) is 9.02. The lowest BCUT2D eigenvalue weighted by Gasteiger charge is -2.22. The molecule has 2 rings (SSSR count). The van der Waals surface area contributed by atoms with Gasteiger partial charge in [0, 0.05) is 14.1 Å². The number of benzene rings is 1. The summed E-state index contributed by atoms with van der Waals surface area (Å²) in [5, 5.41) is 3.06. The third kappa shape index (κ3) is 2.59. The smallest absolute Gasteiger partial charge is 0.317 e. The monoisotopic (exact) mass is 264 g/mol. The molecule has 1 fully saturated rings. The Kier molecular flexibility index (Phi) is 3.55. The van der Waals surface area contributed by atoms with Crippen LogP contribution >= 0.6 is 0 Å². The number of hydrogen-bond donors (Lipinski definition) is 1. The summed E-state index contributed by atoms with van der Waals surface area (Å²) in [5.74, 6) is 1.38. The van der Waals surface area contributed by atoms with Crippen LogP contribution in [0.15, 0.2) is 18.2 Å². The molecule has 5 heteroatoms. The van der Waals surface area contributed by atoms with Gasteiger partial charge in [0.2, 0.25) is 0 Å². The summed E-state index contributed by atoms with van der Waals surface area (Å²) in [4.78, 5) is 13.4. The molecule has 2 amide bonds. The van der Waals surface area contributed by atoms with E-state index >= 15 is 0 Å². The Hall–Kier alpha value is -1.91. The number of ether oxygens (including phenoxy) is 2. The molecule has 1 saturated carbocycles. The van der Waals surface area contributed by atoms with Crippen molar-refractivity contribution in [2.24, 2.45) is 0 Å². The molecule has 5 nitrogen and oxygen atoms in total. The van der Waals surface area contributed by atoms with Gasteiger partial charge >= 0.3 is 6.03 Å². The quantitative estimate of drug-likeness (QED) is 0.904. The summed E-state index contributed by atoms with van der Waals surface area (Å²) >= 11 is 0. The van der Waals surface area contributed by atoms with Gasteiger partial charge in [-0.3, -0.25) is 0 Å². The normalized spacial score (nSPS) is 15.6. The minimum atomic E-state index is -0.249. The van der Waals surface area contributed by atoms with Crippen LogP contribution in [0.25, 0.3) is 0 Å². The maximum absolute atomic E-state index is 11.8. The molecule has 1 N–H and O–H groups in total. The summed E-state index contributed by atoms with van der Waals surface area (Å²) in [6.45, 7) is 0. The zero-order valence-corrected chi connectivity index (χ0v) is 11.8. The van der Waals surface area contributed by atoms with Crippen LogP contribution < -0.4 is 14.8 Å². The fourth-order valence-corrected chi connectivity index (χ4v) is 2.06. The number of nitrogens with one attached hydrogen (secondary N) is 1. The van der Waals surface area contributed by atoms with Crippen LogP contribution in [0, 0.1) is 0 Å². The number of urea groups is 1. The Labute approximate surface area is 113 Å². The number of amides is 2. The largest absolute Gasteiger partial charge is 0.493 e. The minimum Gasteiger partial charge on any atom is -0.493 e. The highest BCUT2D eigenvalue weighted by Gasteiger charge is 2.46. The van der Waals surface area contributed by atoms with Crippen LogP contribution in [-0.4, -0.2) is 39.2 Å². The van der Waals surface area contributed by atoms with Gasteiger partial charge in [0.05, 0.1) is 19.8 Å². The standard InChI is InChI=1S/C14H20N2O3/c1-16(2)13(17)15-14(7-8-14)10-5-6-11(18-3)12(9-10)19-4/h5-6,9H,7-8H2,1-4H3,(H,15,17). The van der Waals surface area contributed by atoms with Crippen molar-refractivity contribution in [3.63, 3.8) is 0 Å². The second-order valence-electron chi connectivity index (χ2n) is 4.98. The zero-order valence-electron chi connectivity index (χ0n) is 11.8. The molecule has 19 heavy (non-hydrogen) atoms. The van der Waals surface area contributed by atoms with Gasteiger partial charge in [-0.15, -0.1) is 0 Å². The Morgan fingerprint density at radius 2 is 1.84 bits per heavy atom. The highest BCUT2D eigenvalue weighted by Crippen LogP contribution is 2.47. The highest BCUT2D eigenvalue weighted by atomic mass is 16.5. The van der Waals surface area contributed by atoms with Gasteiger partial charge in [-0.1, -0.05) is 6.07 Å². The van der Waals surface area contributed by atoms with E-state index in [2.05, 4.69) is 5.32 Å². The molecule has 0 bridgehead atoms. The molecule has 0 aromatic heterocycles. The van der Waals surface area contributed by atoms with Crippen LogP contribution in [0.3, 0.4) is 0 Å². The van der Waals surface area contributed by atoms with E-state index < -0.39 is 0 Å². The molecule has 1 aliphatic rings. The van der Waals surface area contributed by atoms with Gasteiger partial charge in [-0.05, 0) is 30.5 Å². The van der Waals surface area contributed by atoms with Crippen LogP contribution in [0.2, 0.25) is 0 Å². The molecule has 104 valence electrons. The maximum atomic E-state index is 11.8. The van der Waals surface area contributed by atoms with Crippen LogP contribution in [-0.2, 0) is 5.54 Å². The predicted octanol–water partition coefficient (Wildman–Crippen LogP) is 1.96. The molecule has 0 heterocycles. The van der Waals surface area contributed by atoms with Gasteiger partial charge in [0.1, 0.15) is 0 Å². The SMILES string of the molecule is COc1ccc(C2(NC(=O)N(C)C)CC2)cc1OC. The van der Waals surface area contributed by atoms with Gasteiger partial charge < -0.3 is 19.7 Å². The van der Waals surface area contributed by atoms with Gasteiger partial charge in [-0.2, -0.15) is 0 Å². The van der Waals surface area contributed by atoms with Crippen molar-refractivity contribution in [3.05, 3.63) is 23.8 Å². The fourth-order valence-electron chi connectivity index (χ4n) is 2.06. The molecule has 0 radical (unpaired) electrons. The van der Waals surface area contributed by atoms with E-state index in [-0.39, 0.29) is 11.6 Å². The van der Waals surface area contributed by atoms with E-state index in [1.807, 2.05) is 18.2 Å². The Balaban J connectivity index is 2.24. The van der Waals surface area contributed by atoms with Crippen LogP contribution in [0.1, 0.15) is 18.4 Å². The van der Waals surface area contributed by atoms with Crippen molar-refractivity contribution in [2.75, 3.05) is 28.3 Å². The van der Waals surface area contributed by atoms with Crippen molar-refractivity contribution in [2.45, 2.75) is 18.4 Å². The van der Waals surface area contributed by atoms with Crippen molar-refractivity contribution in [1.29, 1.82) is 0 Å². The van der Waals surface area contributed by atoms with Gasteiger partial charge in [0.25, 0.3) is 0 Å². The Bertz CT molecular complexity index is 482. The Morgan fingerprint density at radius 1 is 1.21 bits per heavy atom. The summed E-state index contributed by atoms with van der Waals surface area (Å²) in [6, 6.07) is 5.70. The first kappa shape index (κ1) is 13.5. The number of nitrogens with zero attached hydrogens (tertiary/aromatic N) is 1. The number of hydrogen-bond acceptors (Lipinski definition) is 3. The van der Waals surface area contributed by atoms with Gasteiger partial charge in [-0.25, -0.2) is 4.79 Å². The molecular formula is C14H20N2O3. The lowest BCUT2D eigenvalue weighted by Crippen LogP contribution is -2.41. The average Bonchev–Trinajstić information content (AvgIpc) is 3.18. The molecule has 0 spiro atoms. The second kappa shape index (κ2) is 4.99. The predicted molar refractivity (Wildman–Crippen MR) is 72.7 cm³/mol. The molecule has 0 atom stereocenters. The zero-order chi connectivity index (χ0) is 14.0. The van der Waals surface area contributed by atoms with E-state index in [0.717, 1.165) is 18.4 Å². The summed E-state index contributed by atoms with van der Waals surface area (Å²) in [5.41, 5.74) is 0.807. The van der Waals surface area contributed by atoms with Crippen LogP contribution in [0.5, 0.6) is 11.5 Å². The molecule has 0 saturated heterocycles. The van der Waals surface area contributed by atoms with E-state index in [9.17, 15) is 4.79 Å². The number of methoxy groups -OCH3 is 2. The molecule has 1 aromatic carbocycles. The van der Waals surface area contributed by atoms with E-state index in [1.54, 1.807) is 33.2 Å². The summed E-state index contributed by atoms with van der Waals surface area (Å²) in [6.07, 6.45) is 1.89. The first-order valence-corrected chi connectivity index (χ1v) is 6.24. The molecule has 1 aromatic rings. The van der Waals surface area contributed by atoms with E-state index in [1.165, 1.54) is 0 Å². The minimum absolute atomic E-state index is 0.0766. The third-order valence-electron chi connectivity index (χ3n) is 3.44. The van der Waals surface area contributed by atoms with Crippen molar-refractivity contribution in [1.82, 2.24) is 10.2 Å². The lowest BCUT2D eigenvalue weighted by molar-refractivity contribution is 0.211. The van der Waals surface area contributed by atoms with Crippen molar-refractivity contribution >= 4 is 6.03 Å². The maximum Gasteiger partial charge on any atom is 0.317 e. The van der Waals surface area contributed by atoms with Gasteiger partial charge in [0.15, 0.2) is 11.5 Å². The lowest BCUT2D eigenvalue weighted by atomic mass is 10.0.